The first-order chi connectivity index (χ1) is 13.5. The molecule has 0 aliphatic carbocycles. The highest BCUT2D eigenvalue weighted by molar-refractivity contribution is 7.99. The van der Waals surface area contributed by atoms with Crippen LogP contribution in [0.4, 0.5) is 0 Å². The monoisotopic (exact) mass is 398 g/mol. The number of nitrogens with one attached hydrogen (secondary N) is 2. The molecular formula is C21H22N2O4S. The minimum Gasteiger partial charge on any atom is -0.451 e. The van der Waals surface area contributed by atoms with E-state index in [9.17, 15) is 14.4 Å². The highest BCUT2D eigenvalue weighted by atomic mass is 32.2. The number of amides is 2. The number of esters is 1. The Balaban J connectivity index is 1.78. The van der Waals surface area contributed by atoms with E-state index in [1.54, 1.807) is 23.9 Å². The molecule has 0 aliphatic rings. The number of thioether (sulfide) groups is 1. The lowest BCUT2D eigenvalue weighted by Gasteiger charge is -2.09. The van der Waals surface area contributed by atoms with Crippen LogP contribution in [0, 0.1) is 0 Å². The van der Waals surface area contributed by atoms with Crippen LogP contribution in [0.2, 0.25) is 0 Å². The largest absolute Gasteiger partial charge is 0.451 e. The van der Waals surface area contributed by atoms with Crippen LogP contribution >= 0.6 is 11.8 Å². The average molecular weight is 398 g/mol. The van der Waals surface area contributed by atoms with Gasteiger partial charge in [-0.15, -0.1) is 11.8 Å². The second kappa shape index (κ2) is 11.6. The molecule has 0 atom stereocenters. The fourth-order valence-corrected chi connectivity index (χ4v) is 2.98. The Bertz CT molecular complexity index is 823. The molecule has 0 bridgehead atoms. The van der Waals surface area contributed by atoms with Crippen molar-refractivity contribution in [1.82, 2.24) is 10.6 Å². The van der Waals surface area contributed by atoms with Crippen LogP contribution in [0.5, 0.6) is 0 Å². The van der Waals surface area contributed by atoms with Gasteiger partial charge in [0.15, 0.2) is 6.61 Å². The molecule has 0 spiro atoms. The lowest BCUT2D eigenvalue weighted by Crippen LogP contribution is -2.32. The Kier molecular flexibility index (Phi) is 8.81. The van der Waals surface area contributed by atoms with Crippen molar-refractivity contribution < 1.29 is 19.1 Å². The van der Waals surface area contributed by atoms with Crippen LogP contribution in [-0.4, -0.2) is 36.7 Å². The van der Waals surface area contributed by atoms with E-state index in [0.717, 1.165) is 10.5 Å². The molecule has 2 amide bonds. The number of rotatable bonds is 9. The molecule has 2 aromatic carbocycles. The van der Waals surface area contributed by atoms with Gasteiger partial charge in [0.25, 0.3) is 5.91 Å². The summed E-state index contributed by atoms with van der Waals surface area (Å²) < 4.78 is 5.01. The van der Waals surface area contributed by atoms with Gasteiger partial charge >= 0.3 is 5.97 Å². The maximum absolute atomic E-state index is 12.2. The Morgan fingerprint density at radius 1 is 1.00 bits per heavy atom. The summed E-state index contributed by atoms with van der Waals surface area (Å²) in [5.74, 6) is -0.868. The molecule has 6 nitrogen and oxygen atoms in total. The molecule has 0 aromatic heterocycles. The number of benzene rings is 2. The van der Waals surface area contributed by atoms with E-state index in [0.29, 0.717) is 12.3 Å². The Morgan fingerprint density at radius 3 is 2.29 bits per heavy atom. The van der Waals surface area contributed by atoms with Crippen molar-refractivity contribution in [1.29, 1.82) is 0 Å². The van der Waals surface area contributed by atoms with Gasteiger partial charge in [0.2, 0.25) is 5.91 Å². The smallest absolute Gasteiger partial charge is 0.355 e. The van der Waals surface area contributed by atoms with Crippen molar-refractivity contribution >= 4 is 35.6 Å². The summed E-state index contributed by atoms with van der Waals surface area (Å²) in [6.07, 6.45) is 1.50. The molecule has 0 fully saturated rings. The Labute approximate surface area is 168 Å². The zero-order valence-corrected chi connectivity index (χ0v) is 16.3. The van der Waals surface area contributed by atoms with Crippen molar-refractivity contribution in [2.75, 3.05) is 18.9 Å². The van der Waals surface area contributed by atoms with E-state index in [-0.39, 0.29) is 5.70 Å². The zero-order chi connectivity index (χ0) is 20.2. The average Bonchev–Trinajstić information content (AvgIpc) is 2.70. The quantitative estimate of drug-likeness (QED) is 0.294. The van der Waals surface area contributed by atoms with E-state index < -0.39 is 24.4 Å². The van der Waals surface area contributed by atoms with Gasteiger partial charge in [-0.05, 0) is 23.8 Å². The summed E-state index contributed by atoms with van der Waals surface area (Å²) >= 11 is 1.62. The van der Waals surface area contributed by atoms with Gasteiger partial charge in [-0.25, -0.2) is 4.79 Å². The van der Waals surface area contributed by atoms with Crippen LogP contribution in [0.25, 0.3) is 6.08 Å². The molecule has 0 heterocycles. The van der Waals surface area contributed by atoms with E-state index >= 15 is 0 Å². The summed E-state index contributed by atoms with van der Waals surface area (Å²) in [4.78, 5) is 36.5. The second-order valence-corrected chi connectivity index (χ2v) is 6.91. The molecule has 0 saturated heterocycles. The fourth-order valence-electron chi connectivity index (χ4n) is 2.19. The molecule has 2 N–H and O–H groups in total. The highest BCUT2D eigenvalue weighted by Gasteiger charge is 2.14. The van der Waals surface area contributed by atoms with Crippen molar-refractivity contribution in [3.05, 3.63) is 71.9 Å². The van der Waals surface area contributed by atoms with Crippen LogP contribution in [0.3, 0.4) is 0 Å². The summed E-state index contributed by atoms with van der Waals surface area (Å²) in [5, 5.41) is 5.13. The van der Waals surface area contributed by atoms with E-state index in [2.05, 4.69) is 10.6 Å². The first-order valence-corrected chi connectivity index (χ1v) is 9.69. The van der Waals surface area contributed by atoms with Gasteiger partial charge in [-0.3, -0.25) is 9.59 Å². The number of carbonyl (C=O) groups excluding carboxylic acids is 3. The molecular weight excluding hydrogens is 376 g/mol. The van der Waals surface area contributed by atoms with Gasteiger partial charge < -0.3 is 15.4 Å². The van der Waals surface area contributed by atoms with Gasteiger partial charge in [0, 0.05) is 24.1 Å². The SMILES string of the molecule is CC(=O)N/C(=C\c1ccccc1)C(=O)OCC(=O)NCCSc1ccccc1. The van der Waals surface area contributed by atoms with Gasteiger partial charge in [0.05, 0.1) is 0 Å². The number of ether oxygens (including phenoxy) is 1. The molecule has 2 rings (SSSR count). The normalized spacial score (nSPS) is 10.8. The molecule has 7 heteroatoms. The van der Waals surface area contributed by atoms with Crippen LogP contribution < -0.4 is 10.6 Å². The molecule has 2 aromatic rings. The lowest BCUT2D eigenvalue weighted by atomic mass is 10.2. The minimum atomic E-state index is -0.770. The van der Waals surface area contributed by atoms with Crippen molar-refractivity contribution in [3.8, 4) is 0 Å². The van der Waals surface area contributed by atoms with Gasteiger partial charge in [-0.2, -0.15) is 0 Å². The summed E-state index contributed by atoms with van der Waals surface area (Å²) in [7, 11) is 0. The second-order valence-electron chi connectivity index (χ2n) is 5.74. The highest BCUT2D eigenvalue weighted by Crippen LogP contribution is 2.15. The molecule has 28 heavy (non-hydrogen) atoms. The van der Waals surface area contributed by atoms with E-state index in [1.807, 2.05) is 48.5 Å². The maximum Gasteiger partial charge on any atom is 0.355 e. The predicted octanol–water partition coefficient (Wildman–Crippen LogP) is 2.62. The molecule has 0 saturated carbocycles. The Hall–Kier alpha value is -3.06. The maximum atomic E-state index is 12.2. The molecule has 0 radical (unpaired) electrons. The number of hydrogen-bond donors (Lipinski definition) is 2. The molecule has 146 valence electrons. The predicted molar refractivity (Wildman–Crippen MR) is 109 cm³/mol. The molecule has 0 aliphatic heterocycles. The third kappa shape index (κ3) is 8.09. The number of hydrogen-bond acceptors (Lipinski definition) is 5. The molecule has 0 unspecified atom stereocenters. The van der Waals surface area contributed by atoms with Gasteiger partial charge in [-0.1, -0.05) is 48.5 Å². The third-order valence-electron chi connectivity index (χ3n) is 3.41. The Morgan fingerprint density at radius 2 is 1.64 bits per heavy atom. The standard InChI is InChI=1S/C21H22N2O4S/c1-16(24)23-19(14-17-8-4-2-5-9-17)21(26)27-15-20(25)22-12-13-28-18-10-6-3-7-11-18/h2-11,14H,12-13,15H2,1H3,(H,22,25)(H,23,24)/b19-14-. The third-order valence-corrected chi connectivity index (χ3v) is 4.43. The zero-order valence-electron chi connectivity index (χ0n) is 15.5. The summed E-state index contributed by atoms with van der Waals surface area (Å²) in [6.45, 7) is 1.33. The minimum absolute atomic E-state index is 0.0221. The van der Waals surface area contributed by atoms with Crippen molar-refractivity contribution in [2.45, 2.75) is 11.8 Å². The van der Waals surface area contributed by atoms with Gasteiger partial charge in [0.1, 0.15) is 5.70 Å². The lowest BCUT2D eigenvalue weighted by molar-refractivity contribution is -0.145. The van der Waals surface area contributed by atoms with Crippen LogP contribution in [-0.2, 0) is 19.1 Å². The van der Waals surface area contributed by atoms with Crippen LogP contribution in [0.1, 0.15) is 12.5 Å². The summed E-state index contributed by atoms with van der Waals surface area (Å²) in [6, 6.07) is 18.9. The summed E-state index contributed by atoms with van der Waals surface area (Å²) in [5.41, 5.74) is 0.705. The number of carbonyl (C=O) groups is 3. The van der Waals surface area contributed by atoms with Crippen molar-refractivity contribution in [2.24, 2.45) is 0 Å². The fraction of sp³-hybridized carbons (Fsp3) is 0.190. The van der Waals surface area contributed by atoms with Crippen molar-refractivity contribution in [3.63, 3.8) is 0 Å². The first-order valence-electron chi connectivity index (χ1n) is 8.70. The van der Waals surface area contributed by atoms with E-state index in [4.69, 9.17) is 4.74 Å². The first kappa shape index (κ1) is 21.2. The van der Waals surface area contributed by atoms with E-state index in [1.165, 1.54) is 13.0 Å². The van der Waals surface area contributed by atoms with Crippen LogP contribution in [0.15, 0.2) is 71.3 Å². The topological polar surface area (TPSA) is 84.5 Å².